The van der Waals surface area contributed by atoms with Crippen molar-refractivity contribution in [2.24, 2.45) is 5.92 Å². The van der Waals surface area contributed by atoms with Crippen LogP contribution in [0, 0.1) is 5.92 Å². The number of hydrogen-bond donors (Lipinski definition) is 2. The molecule has 6 heteroatoms. The quantitative estimate of drug-likeness (QED) is 0.659. The molecule has 2 N–H and O–H groups in total. The number of para-hydroxylation sites is 1. The third-order valence-corrected chi connectivity index (χ3v) is 5.41. The molecule has 30 heavy (non-hydrogen) atoms. The van der Waals surface area contributed by atoms with Crippen LogP contribution in [0.25, 0.3) is 10.9 Å². The van der Waals surface area contributed by atoms with Gasteiger partial charge in [0, 0.05) is 36.1 Å². The van der Waals surface area contributed by atoms with Crippen LogP contribution in [0.15, 0.2) is 24.3 Å². The maximum absolute atomic E-state index is 13.1. The molecule has 0 spiro atoms. The summed E-state index contributed by atoms with van der Waals surface area (Å²) in [6.07, 6.45) is 2.38. The van der Waals surface area contributed by atoms with Crippen LogP contribution in [0.1, 0.15) is 71.2 Å². The smallest absolute Gasteiger partial charge is 0.407 e. The Morgan fingerprint density at radius 1 is 1.27 bits per heavy atom. The summed E-state index contributed by atoms with van der Waals surface area (Å²) in [6, 6.07) is 8.46. The van der Waals surface area contributed by atoms with Gasteiger partial charge in [0.15, 0.2) is 0 Å². The molecule has 0 aliphatic carbocycles. The molecule has 164 valence electrons. The SMILES string of the molecule is CC(C)CC1c2[nH]c3ccccc3c2CCN1C(=O)CCCNC(=O)OC(C)(C)C. The molecule has 0 saturated carbocycles. The van der Waals surface area contributed by atoms with Gasteiger partial charge in [0.05, 0.1) is 6.04 Å². The predicted molar refractivity (Wildman–Crippen MR) is 119 cm³/mol. The predicted octanol–water partition coefficient (Wildman–Crippen LogP) is 4.94. The number of alkyl carbamates (subject to hydrolysis) is 1. The lowest BCUT2D eigenvalue weighted by Crippen LogP contribution is -2.41. The average molecular weight is 414 g/mol. The van der Waals surface area contributed by atoms with E-state index in [2.05, 4.69) is 42.3 Å². The largest absolute Gasteiger partial charge is 0.444 e. The molecule has 0 radical (unpaired) electrons. The van der Waals surface area contributed by atoms with Gasteiger partial charge in [-0.15, -0.1) is 0 Å². The van der Waals surface area contributed by atoms with Crippen LogP contribution < -0.4 is 5.32 Å². The number of aromatic amines is 1. The molecule has 1 aromatic heterocycles. The number of ether oxygens (including phenoxy) is 1. The van der Waals surface area contributed by atoms with Crippen LogP contribution in [0.4, 0.5) is 4.79 Å². The standard InChI is InChI=1S/C24H35N3O3/c1-16(2)15-20-22-18(17-9-6-7-10-19(17)26-22)12-14-27(20)21(28)11-8-13-25-23(29)30-24(3,4)5/h6-7,9-10,16,20,26H,8,11-15H2,1-5H3,(H,25,29). The number of carbonyl (C=O) groups is 2. The lowest BCUT2D eigenvalue weighted by molar-refractivity contribution is -0.134. The Morgan fingerprint density at radius 2 is 2.00 bits per heavy atom. The lowest BCUT2D eigenvalue weighted by Gasteiger charge is -2.37. The van der Waals surface area contributed by atoms with Crippen LogP contribution in [-0.4, -0.2) is 40.6 Å². The van der Waals surface area contributed by atoms with Crippen molar-refractivity contribution >= 4 is 22.9 Å². The maximum Gasteiger partial charge on any atom is 0.407 e. The Kier molecular flexibility index (Phi) is 6.74. The van der Waals surface area contributed by atoms with E-state index >= 15 is 0 Å². The van der Waals surface area contributed by atoms with Crippen LogP contribution >= 0.6 is 0 Å². The van der Waals surface area contributed by atoms with Crippen molar-refractivity contribution in [1.29, 1.82) is 0 Å². The van der Waals surface area contributed by atoms with Crippen molar-refractivity contribution < 1.29 is 14.3 Å². The summed E-state index contributed by atoms with van der Waals surface area (Å²) >= 11 is 0. The van der Waals surface area contributed by atoms with Gasteiger partial charge in [-0.2, -0.15) is 0 Å². The molecule has 2 heterocycles. The van der Waals surface area contributed by atoms with Crippen molar-refractivity contribution in [1.82, 2.24) is 15.2 Å². The zero-order valence-corrected chi connectivity index (χ0v) is 18.9. The molecular formula is C24H35N3O3. The highest BCUT2D eigenvalue weighted by molar-refractivity contribution is 5.86. The van der Waals surface area contributed by atoms with Crippen LogP contribution in [0.2, 0.25) is 0 Å². The third kappa shape index (κ3) is 5.35. The highest BCUT2D eigenvalue weighted by atomic mass is 16.6. The van der Waals surface area contributed by atoms with Crippen molar-refractivity contribution in [2.75, 3.05) is 13.1 Å². The minimum atomic E-state index is -0.519. The molecule has 3 rings (SSSR count). The number of nitrogens with one attached hydrogen (secondary N) is 2. The van der Waals surface area contributed by atoms with Crippen LogP contribution in [0.5, 0.6) is 0 Å². The summed E-state index contributed by atoms with van der Waals surface area (Å²) in [4.78, 5) is 30.5. The van der Waals surface area contributed by atoms with Gasteiger partial charge in [-0.1, -0.05) is 32.0 Å². The van der Waals surface area contributed by atoms with E-state index in [-0.39, 0.29) is 11.9 Å². The number of fused-ring (bicyclic) bond motifs is 3. The third-order valence-electron chi connectivity index (χ3n) is 5.41. The molecule has 1 unspecified atom stereocenters. The number of H-pyrrole nitrogens is 1. The summed E-state index contributed by atoms with van der Waals surface area (Å²) in [7, 11) is 0. The monoisotopic (exact) mass is 413 g/mol. The highest BCUT2D eigenvalue weighted by Gasteiger charge is 2.33. The fourth-order valence-corrected chi connectivity index (χ4v) is 4.20. The van der Waals surface area contributed by atoms with Gasteiger partial charge in [0.25, 0.3) is 0 Å². The molecule has 0 fully saturated rings. The molecule has 1 aromatic carbocycles. The fraction of sp³-hybridized carbons (Fsp3) is 0.583. The minimum absolute atomic E-state index is 0.0764. The number of rotatable bonds is 6. The molecule has 0 bridgehead atoms. The van der Waals surface area contributed by atoms with Crippen molar-refractivity contribution in [3.8, 4) is 0 Å². The molecular weight excluding hydrogens is 378 g/mol. The second kappa shape index (κ2) is 9.11. The topological polar surface area (TPSA) is 74.4 Å². The van der Waals surface area contributed by atoms with Gasteiger partial charge in [0.1, 0.15) is 5.60 Å². The van der Waals surface area contributed by atoms with Gasteiger partial charge in [-0.3, -0.25) is 4.79 Å². The van der Waals surface area contributed by atoms with E-state index in [1.54, 1.807) is 0 Å². The lowest BCUT2D eigenvalue weighted by atomic mass is 9.91. The van der Waals surface area contributed by atoms with E-state index in [0.29, 0.717) is 25.3 Å². The first-order chi connectivity index (χ1) is 14.2. The number of nitrogens with zero attached hydrogens (tertiary/aromatic N) is 1. The Balaban J connectivity index is 1.64. The summed E-state index contributed by atoms with van der Waals surface area (Å²) in [6.45, 7) is 11.1. The van der Waals surface area contributed by atoms with E-state index in [0.717, 1.165) is 24.9 Å². The first kappa shape index (κ1) is 22.2. The average Bonchev–Trinajstić information content (AvgIpc) is 3.03. The van der Waals surface area contributed by atoms with E-state index < -0.39 is 11.7 Å². The number of benzene rings is 1. The Bertz CT molecular complexity index is 895. The summed E-state index contributed by atoms with van der Waals surface area (Å²) < 4.78 is 5.24. The molecule has 2 aromatic rings. The van der Waals surface area contributed by atoms with Crippen molar-refractivity contribution in [3.05, 3.63) is 35.5 Å². The summed E-state index contributed by atoms with van der Waals surface area (Å²) in [5.74, 6) is 0.632. The first-order valence-corrected chi connectivity index (χ1v) is 11.0. The highest BCUT2D eigenvalue weighted by Crippen LogP contribution is 2.38. The Morgan fingerprint density at radius 3 is 2.70 bits per heavy atom. The van der Waals surface area contributed by atoms with Gasteiger partial charge in [0.2, 0.25) is 5.91 Å². The normalized spacial score (nSPS) is 16.6. The summed E-state index contributed by atoms with van der Waals surface area (Å²) in [5.41, 5.74) is 3.17. The second-order valence-electron chi connectivity index (χ2n) is 9.58. The van der Waals surface area contributed by atoms with E-state index in [1.807, 2.05) is 31.7 Å². The maximum atomic E-state index is 13.1. The van der Waals surface area contributed by atoms with Crippen LogP contribution in [-0.2, 0) is 16.0 Å². The van der Waals surface area contributed by atoms with Gasteiger partial charge < -0.3 is 19.9 Å². The van der Waals surface area contributed by atoms with E-state index in [4.69, 9.17) is 4.74 Å². The Labute approximate surface area is 179 Å². The molecule has 1 aliphatic rings. The molecule has 1 atom stereocenters. The zero-order valence-electron chi connectivity index (χ0n) is 18.9. The van der Waals surface area contributed by atoms with Gasteiger partial charge in [-0.25, -0.2) is 4.79 Å². The minimum Gasteiger partial charge on any atom is -0.444 e. The number of hydrogen-bond acceptors (Lipinski definition) is 3. The van der Waals surface area contributed by atoms with Crippen LogP contribution in [0.3, 0.4) is 0 Å². The van der Waals surface area contributed by atoms with E-state index in [1.165, 1.54) is 16.6 Å². The molecule has 6 nitrogen and oxygen atoms in total. The fourth-order valence-electron chi connectivity index (χ4n) is 4.20. The first-order valence-electron chi connectivity index (χ1n) is 11.0. The molecule has 2 amide bonds. The number of carbonyl (C=O) groups excluding carboxylic acids is 2. The van der Waals surface area contributed by atoms with E-state index in [9.17, 15) is 9.59 Å². The number of aromatic nitrogens is 1. The summed E-state index contributed by atoms with van der Waals surface area (Å²) in [5, 5.41) is 4.01. The van der Waals surface area contributed by atoms with Crippen molar-refractivity contribution in [2.45, 2.75) is 71.9 Å². The Hall–Kier alpha value is -2.50. The van der Waals surface area contributed by atoms with Gasteiger partial charge >= 0.3 is 6.09 Å². The van der Waals surface area contributed by atoms with Gasteiger partial charge in [-0.05, 0) is 57.6 Å². The molecule has 1 aliphatic heterocycles. The second-order valence-corrected chi connectivity index (χ2v) is 9.58. The molecule has 0 saturated heterocycles. The number of amides is 2. The van der Waals surface area contributed by atoms with Crippen molar-refractivity contribution in [3.63, 3.8) is 0 Å². The zero-order chi connectivity index (χ0) is 21.9.